The summed E-state index contributed by atoms with van der Waals surface area (Å²) in [5.41, 5.74) is 2.18. The van der Waals surface area contributed by atoms with Gasteiger partial charge in [0, 0.05) is 6.20 Å². The zero-order chi connectivity index (χ0) is 13.9. The molecular weight excluding hydrogens is 236 g/mol. The first-order valence-electron chi connectivity index (χ1n) is 6.54. The normalized spacial score (nSPS) is 11.5. The molecule has 0 atom stereocenters. The van der Waals surface area contributed by atoms with Gasteiger partial charge in [-0.3, -0.25) is 9.36 Å². The monoisotopic (exact) mass is 256 g/mol. The number of carbonyl (C=O) groups excluding carboxylic acids is 1. The van der Waals surface area contributed by atoms with Crippen LogP contribution in [0, 0.1) is 5.41 Å². The molecule has 0 saturated heterocycles. The molecule has 3 heteroatoms. The molecule has 0 unspecified atom stereocenters. The molecule has 0 aliphatic heterocycles. The molecule has 1 aromatic heterocycles. The maximum Gasteiger partial charge on any atom is 0.236 e. The lowest BCUT2D eigenvalue weighted by atomic mass is 9.91. The molecule has 0 spiro atoms. The molecule has 0 N–H and O–H groups in total. The first kappa shape index (κ1) is 13.5. The summed E-state index contributed by atoms with van der Waals surface area (Å²) in [4.78, 5) is 16.4. The van der Waals surface area contributed by atoms with Gasteiger partial charge in [0.2, 0.25) is 5.91 Å². The van der Waals surface area contributed by atoms with Gasteiger partial charge in [0.25, 0.3) is 0 Å². The van der Waals surface area contributed by atoms with Crippen LogP contribution < -0.4 is 0 Å². The summed E-state index contributed by atoms with van der Waals surface area (Å²) in [6.07, 6.45) is 4.74. The molecule has 0 amide bonds. The van der Waals surface area contributed by atoms with Crippen LogP contribution in [0.2, 0.25) is 0 Å². The highest BCUT2D eigenvalue weighted by Gasteiger charge is 2.14. The zero-order valence-corrected chi connectivity index (χ0v) is 11.8. The molecule has 3 nitrogen and oxygen atoms in total. The second-order valence-corrected chi connectivity index (χ2v) is 6.07. The van der Waals surface area contributed by atoms with E-state index >= 15 is 0 Å². The van der Waals surface area contributed by atoms with Gasteiger partial charge in [-0.25, -0.2) is 4.98 Å². The number of aromatic nitrogens is 2. The van der Waals surface area contributed by atoms with E-state index in [0.717, 1.165) is 17.7 Å². The van der Waals surface area contributed by atoms with Gasteiger partial charge in [-0.05, 0) is 17.4 Å². The van der Waals surface area contributed by atoms with Gasteiger partial charge in [-0.1, -0.05) is 51.1 Å². The van der Waals surface area contributed by atoms with E-state index in [1.54, 1.807) is 10.9 Å². The van der Waals surface area contributed by atoms with E-state index in [9.17, 15) is 4.79 Å². The molecule has 0 bridgehead atoms. The van der Waals surface area contributed by atoms with Gasteiger partial charge >= 0.3 is 0 Å². The summed E-state index contributed by atoms with van der Waals surface area (Å²) < 4.78 is 1.59. The summed E-state index contributed by atoms with van der Waals surface area (Å²) in [7, 11) is 0. The quantitative estimate of drug-likeness (QED) is 0.844. The molecule has 2 rings (SSSR count). The Morgan fingerprint density at radius 3 is 2.53 bits per heavy atom. The Morgan fingerprint density at radius 1 is 1.21 bits per heavy atom. The van der Waals surface area contributed by atoms with E-state index in [1.165, 1.54) is 0 Å². The molecular formula is C16H20N2O. The van der Waals surface area contributed by atoms with Crippen molar-refractivity contribution in [1.82, 2.24) is 9.55 Å². The minimum Gasteiger partial charge on any atom is -0.276 e. The van der Waals surface area contributed by atoms with E-state index < -0.39 is 0 Å². The molecule has 1 aromatic carbocycles. The Morgan fingerprint density at radius 2 is 1.89 bits per heavy atom. The second-order valence-electron chi connectivity index (χ2n) is 6.07. The zero-order valence-electron chi connectivity index (χ0n) is 11.8. The molecule has 1 heterocycles. The maximum absolute atomic E-state index is 12.1. The van der Waals surface area contributed by atoms with Gasteiger partial charge in [0.15, 0.2) is 0 Å². The highest BCUT2D eigenvalue weighted by molar-refractivity contribution is 5.81. The fourth-order valence-corrected chi connectivity index (χ4v) is 2.00. The lowest BCUT2D eigenvalue weighted by Crippen LogP contribution is -2.12. The summed E-state index contributed by atoms with van der Waals surface area (Å²) in [5.74, 6) is 0.0545. The van der Waals surface area contributed by atoms with Crippen LogP contribution in [0.3, 0.4) is 0 Å². The fraction of sp³-hybridized carbons (Fsp3) is 0.375. The second kappa shape index (κ2) is 5.39. The van der Waals surface area contributed by atoms with Crippen molar-refractivity contribution in [2.45, 2.75) is 33.6 Å². The van der Waals surface area contributed by atoms with Crippen molar-refractivity contribution in [1.29, 1.82) is 0 Å². The number of nitrogens with zero attached hydrogens (tertiary/aromatic N) is 2. The van der Waals surface area contributed by atoms with Crippen molar-refractivity contribution < 1.29 is 4.79 Å². The number of hydrogen-bond donors (Lipinski definition) is 0. The van der Waals surface area contributed by atoms with Crippen molar-refractivity contribution in [2.24, 2.45) is 5.41 Å². The van der Waals surface area contributed by atoms with Crippen LogP contribution in [0.25, 0.3) is 0 Å². The topological polar surface area (TPSA) is 34.9 Å². The largest absolute Gasteiger partial charge is 0.276 e. The van der Waals surface area contributed by atoms with Crippen LogP contribution in [0.15, 0.2) is 42.9 Å². The van der Waals surface area contributed by atoms with Crippen LogP contribution in [0.4, 0.5) is 0 Å². The van der Waals surface area contributed by atoms with E-state index in [2.05, 4.69) is 25.8 Å². The fourth-order valence-electron chi connectivity index (χ4n) is 2.00. The minimum absolute atomic E-state index is 0.0545. The average molecular weight is 256 g/mol. The minimum atomic E-state index is 0.0545. The highest BCUT2D eigenvalue weighted by Crippen LogP contribution is 2.19. The summed E-state index contributed by atoms with van der Waals surface area (Å²) in [5, 5.41) is 0. The Balaban J connectivity index is 2.04. The Hall–Kier alpha value is -1.90. The maximum atomic E-state index is 12.1. The standard InChI is InChI=1S/C16H20N2O/c1-16(2,3)10-14-11-18(12-17-14)15(19)9-13-7-5-4-6-8-13/h4-8,11-12H,9-10H2,1-3H3. The molecule has 0 aliphatic carbocycles. The molecule has 0 aliphatic rings. The number of imidazole rings is 1. The lowest BCUT2D eigenvalue weighted by Gasteiger charge is -2.15. The Bertz CT molecular complexity index is 550. The summed E-state index contributed by atoms with van der Waals surface area (Å²) >= 11 is 0. The third-order valence-electron chi connectivity index (χ3n) is 2.83. The van der Waals surface area contributed by atoms with Gasteiger partial charge in [-0.15, -0.1) is 0 Å². The van der Waals surface area contributed by atoms with Crippen LogP contribution >= 0.6 is 0 Å². The number of hydrogen-bond acceptors (Lipinski definition) is 2. The van der Waals surface area contributed by atoms with E-state index in [-0.39, 0.29) is 11.3 Å². The summed E-state index contributed by atoms with van der Waals surface area (Å²) in [6.45, 7) is 6.49. The Kier molecular flexibility index (Phi) is 3.84. The predicted molar refractivity (Wildman–Crippen MR) is 76.2 cm³/mol. The molecule has 0 saturated carbocycles. The summed E-state index contributed by atoms with van der Waals surface area (Å²) in [6, 6.07) is 9.77. The number of carbonyl (C=O) groups is 1. The Labute approximate surface area is 114 Å². The van der Waals surface area contributed by atoms with Crippen molar-refractivity contribution in [3.05, 3.63) is 54.1 Å². The first-order chi connectivity index (χ1) is 8.94. The van der Waals surface area contributed by atoms with Crippen molar-refractivity contribution in [2.75, 3.05) is 0 Å². The predicted octanol–water partition coefficient (Wildman–Crippen LogP) is 3.35. The van der Waals surface area contributed by atoms with E-state index in [4.69, 9.17) is 0 Å². The van der Waals surface area contributed by atoms with Gasteiger partial charge in [-0.2, -0.15) is 0 Å². The van der Waals surface area contributed by atoms with E-state index in [0.29, 0.717) is 6.42 Å². The highest BCUT2D eigenvalue weighted by atomic mass is 16.2. The van der Waals surface area contributed by atoms with Crippen LogP contribution in [0.5, 0.6) is 0 Å². The van der Waals surface area contributed by atoms with Crippen LogP contribution in [-0.4, -0.2) is 15.5 Å². The molecule has 100 valence electrons. The van der Waals surface area contributed by atoms with Crippen LogP contribution in [0.1, 0.15) is 36.8 Å². The third kappa shape index (κ3) is 4.05. The van der Waals surface area contributed by atoms with Crippen LogP contribution in [-0.2, 0) is 12.8 Å². The first-order valence-corrected chi connectivity index (χ1v) is 6.54. The molecule has 19 heavy (non-hydrogen) atoms. The smallest absolute Gasteiger partial charge is 0.236 e. The lowest BCUT2D eigenvalue weighted by molar-refractivity contribution is 0.0913. The van der Waals surface area contributed by atoms with Crippen molar-refractivity contribution in [3.63, 3.8) is 0 Å². The van der Waals surface area contributed by atoms with E-state index in [1.807, 2.05) is 36.5 Å². The average Bonchev–Trinajstić information content (AvgIpc) is 2.76. The van der Waals surface area contributed by atoms with Gasteiger partial charge in [0.05, 0.1) is 12.1 Å². The van der Waals surface area contributed by atoms with Crippen molar-refractivity contribution >= 4 is 5.91 Å². The molecule has 2 aromatic rings. The van der Waals surface area contributed by atoms with Crippen molar-refractivity contribution in [3.8, 4) is 0 Å². The molecule has 0 radical (unpaired) electrons. The number of rotatable bonds is 3. The molecule has 0 fully saturated rings. The number of benzene rings is 1. The van der Waals surface area contributed by atoms with Gasteiger partial charge in [0.1, 0.15) is 6.33 Å². The SMILES string of the molecule is CC(C)(C)Cc1cn(C(=O)Cc2ccccc2)cn1. The van der Waals surface area contributed by atoms with Gasteiger partial charge < -0.3 is 0 Å². The third-order valence-corrected chi connectivity index (χ3v) is 2.83.